The standard InChI is InChI=1S/C14H24O/c1-6-10-14(8-3,9-4)11-13(7-2)12(5)15/h6,11H,1,7-10H2,2-5H3/b13-11+. The van der Waals surface area contributed by atoms with Gasteiger partial charge in [0.25, 0.3) is 0 Å². The molecule has 0 spiro atoms. The molecule has 0 radical (unpaired) electrons. The van der Waals surface area contributed by atoms with Crippen LogP contribution in [0, 0.1) is 5.41 Å². The van der Waals surface area contributed by atoms with Gasteiger partial charge in [-0.2, -0.15) is 0 Å². The van der Waals surface area contributed by atoms with Gasteiger partial charge >= 0.3 is 0 Å². The van der Waals surface area contributed by atoms with E-state index in [1.165, 1.54) is 0 Å². The molecule has 0 N–H and O–H groups in total. The molecule has 0 heterocycles. The summed E-state index contributed by atoms with van der Waals surface area (Å²) in [6.45, 7) is 11.9. The minimum absolute atomic E-state index is 0.138. The second-order valence-corrected chi connectivity index (χ2v) is 4.14. The van der Waals surface area contributed by atoms with Crippen LogP contribution >= 0.6 is 0 Å². The highest BCUT2D eigenvalue weighted by atomic mass is 16.1. The molecule has 0 aliphatic carbocycles. The Morgan fingerprint density at radius 3 is 2.07 bits per heavy atom. The maximum atomic E-state index is 11.4. The average Bonchev–Trinajstić information content (AvgIpc) is 2.24. The Morgan fingerprint density at radius 2 is 1.80 bits per heavy atom. The summed E-state index contributed by atoms with van der Waals surface area (Å²) >= 11 is 0. The van der Waals surface area contributed by atoms with Gasteiger partial charge in [0.15, 0.2) is 5.78 Å². The molecule has 0 bridgehead atoms. The van der Waals surface area contributed by atoms with Gasteiger partial charge in [0.05, 0.1) is 0 Å². The zero-order valence-corrected chi connectivity index (χ0v) is 10.6. The van der Waals surface area contributed by atoms with Gasteiger partial charge in [-0.25, -0.2) is 0 Å². The van der Waals surface area contributed by atoms with E-state index in [2.05, 4.69) is 26.5 Å². The van der Waals surface area contributed by atoms with Gasteiger partial charge < -0.3 is 0 Å². The fourth-order valence-corrected chi connectivity index (χ4v) is 1.91. The third kappa shape index (κ3) is 4.03. The van der Waals surface area contributed by atoms with Gasteiger partial charge in [0.2, 0.25) is 0 Å². The van der Waals surface area contributed by atoms with Crippen LogP contribution in [0.1, 0.15) is 53.4 Å². The van der Waals surface area contributed by atoms with E-state index in [-0.39, 0.29) is 11.2 Å². The van der Waals surface area contributed by atoms with Crippen LogP contribution < -0.4 is 0 Å². The predicted octanol–water partition coefficient (Wildman–Crippen LogP) is 4.29. The highest BCUT2D eigenvalue weighted by molar-refractivity contribution is 5.93. The lowest BCUT2D eigenvalue weighted by atomic mass is 9.77. The zero-order chi connectivity index (χ0) is 11.9. The maximum Gasteiger partial charge on any atom is 0.155 e. The van der Waals surface area contributed by atoms with E-state index in [1.54, 1.807) is 6.92 Å². The summed E-state index contributed by atoms with van der Waals surface area (Å²) in [5, 5.41) is 0. The average molecular weight is 208 g/mol. The Labute approximate surface area is 94.3 Å². The van der Waals surface area contributed by atoms with Crippen molar-refractivity contribution in [1.82, 2.24) is 0 Å². The lowest BCUT2D eigenvalue weighted by molar-refractivity contribution is -0.113. The molecular weight excluding hydrogens is 184 g/mol. The van der Waals surface area contributed by atoms with Crippen molar-refractivity contribution in [3.05, 3.63) is 24.3 Å². The Morgan fingerprint density at radius 1 is 1.27 bits per heavy atom. The van der Waals surface area contributed by atoms with Gasteiger partial charge in [-0.15, -0.1) is 6.58 Å². The lowest BCUT2D eigenvalue weighted by Crippen LogP contribution is -2.16. The van der Waals surface area contributed by atoms with Crippen LogP contribution in [0.5, 0.6) is 0 Å². The molecule has 0 aliphatic rings. The third-order valence-corrected chi connectivity index (χ3v) is 3.27. The molecule has 0 amide bonds. The van der Waals surface area contributed by atoms with Crippen LogP contribution in [0.4, 0.5) is 0 Å². The Kier molecular flexibility index (Phi) is 6.23. The maximum absolute atomic E-state index is 11.4. The first-order chi connectivity index (χ1) is 7.05. The third-order valence-electron chi connectivity index (χ3n) is 3.27. The number of hydrogen-bond acceptors (Lipinski definition) is 1. The largest absolute Gasteiger partial charge is 0.295 e. The zero-order valence-electron chi connectivity index (χ0n) is 10.6. The first kappa shape index (κ1) is 14.2. The molecular formula is C14H24O. The number of rotatable bonds is 7. The second kappa shape index (κ2) is 6.60. The van der Waals surface area contributed by atoms with Gasteiger partial charge in [-0.05, 0) is 43.6 Å². The fourth-order valence-electron chi connectivity index (χ4n) is 1.91. The Balaban J connectivity index is 5.06. The van der Waals surface area contributed by atoms with Gasteiger partial charge in [0, 0.05) is 0 Å². The van der Waals surface area contributed by atoms with Crippen molar-refractivity contribution in [1.29, 1.82) is 0 Å². The van der Waals surface area contributed by atoms with Gasteiger partial charge in [0.1, 0.15) is 0 Å². The van der Waals surface area contributed by atoms with Crippen molar-refractivity contribution in [2.75, 3.05) is 0 Å². The topological polar surface area (TPSA) is 17.1 Å². The summed E-state index contributed by atoms with van der Waals surface area (Å²) < 4.78 is 0. The van der Waals surface area contributed by atoms with E-state index in [4.69, 9.17) is 0 Å². The molecule has 86 valence electrons. The van der Waals surface area contributed by atoms with E-state index in [0.29, 0.717) is 0 Å². The van der Waals surface area contributed by atoms with E-state index < -0.39 is 0 Å². The van der Waals surface area contributed by atoms with Crippen molar-refractivity contribution in [3.63, 3.8) is 0 Å². The molecule has 0 aromatic rings. The molecule has 0 aromatic heterocycles. The van der Waals surface area contributed by atoms with Crippen molar-refractivity contribution in [3.8, 4) is 0 Å². The SMILES string of the molecule is C=CCC(/C=C(\CC)C(C)=O)(CC)CC. The Hall–Kier alpha value is -0.850. The number of Topliss-reactive ketones (excluding diaryl/α,β-unsaturated/α-hetero) is 1. The molecule has 0 unspecified atom stereocenters. The summed E-state index contributed by atoms with van der Waals surface area (Å²) in [6, 6.07) is 0. The smallest absolute Gasteiger partial charge is 0.155 e. The van der Waals surface area contributed by atoms with Gasteiger partial charge in [-0.1, -0.05) is 32.9 Å². The first-order valence-electron chi connectivity index (χ1n) is 5.88. The van der Waals surface area contributed by atoms with Crippen LogP contribution in [0.3, 0.4) is 0 Å². The van der Waals surface area contributed by atoms with Crippen LogP contribution in [0.15, 0.2) is 24.3 Å². The quantitative estimate of drug-likeness (QED) is 0.450. The first-order valence-corrected chi connectivity index (χ1v) is 5.88. The van der Waals surface area contributed by atoms with E-state index in [1.807, 2.05) is 13.0 Å². The number of carbonyl (C=O) groups excluding carboxylic acids is 1. The minimum atomic E-state index is 0.138. The number of ketones is 1. The molecule has 1 nitrogen and oxygen atoms in total. The molecule has 0 fully saturated rings. The highest BCUT2D eigenvalue weighted by Gasteiger charge is 2.22. The van der Waals surface area contributed by atoms with Crippen LogP contribution in [0.2, 0.25) is 0 Å². The molecule has 0 aliphatic heterocycles. The summed E-state index contributed by atoms with van der Waals surface area (Å²) in [6.07, 6.45) is 8.04. The molecule has 0 aromatic carbocycles. The Bertz CT molecular complexity index is 244. The van der Waals surface area contributed by atoms with Crippen molar-refractivity contribution >= 4 is 5.78 Å². The normalized spacial score (nSPS) is 12.7. The van der Waals surface area contributed by atoms with Crippen molar-refractivity contribution in [2.45, 2.75) is 53.4 Å². The summed E-state index contributed by atoms with van der Waals surface area (Å²) in [5.74, 6) is 0.202. The number of carbonyl (C=O) groups is 1. The van der Waals surface area contributed by atoms with E-state index >= 15 is 0 Å². The van der Waals surface area contributed by atoms with Crippen LogP contribution in [-0.2, 0) is 4.79 Å². The molecule has 0 atom stereocenters. The van der Waals surface area contributed by atoms with Crippen LogP contribution in [0.25, 0.3) is 0 Å². The summed E-state index contributed by atoms with van der Waals surface area (Å²) in [4.78, 5) is 11.4. The minimum Gasteiger partial charge on any atom is -0.295 e. The lowest BCUT2D eigenvalue weighted by Gasteiger charge is -2.27. The van der Waals surface area contributed by atoms with Gasteiger partial charge in [-0.3, -0.25) is 4.79 Å². The summed E-state index contributed by atoms with van der Waals surface area (Å²) in [7, 11) is 0. The predicted molar refractivity (Wildman–Crippen MR) is 66.9 cm³/mol. The molecule has 15 heavy (non-hydrogen) atoms. The monoisotopic (exact) mass is 208 g/mol. The van der Waals surface area contributed by atoms with E-state index in [0.717, 1.165) is 31.3 Å². The highest BCUT2D eigenvalue weighted by Crippen LogP contribution is 2.34. The van der Waals surface area contributed by atoms with E-state index in [9.17, 15) is 4.79 Å². The number of allylic oxidation sites excluding steroid dienone is 3. The number of hydrogen-bond donors (Lipinski definition) is 0. The molecule has 0 saturated carbocycles. The fraction of sp³-hybridized carbons (Fsp3) is 0.643. The molecule has 0 rings (SSSR count). The van der Waals surface area contributed by atoms with Crippen LogP contribution in [-0.4, -0.2) is 5.78 Å². The molecule has 1 heteroatoms. The second-order valence-electron chi connectivity index (χ2n) is 4.14. The van der Waals surface area contributed by atoms with Crippen molar-refractivity contribution in [2.24, 2.45) is 5.41 Å². The molecule has 0 saturated heterocycles. The summed E-state index contributed by atoms with van der Waals surface area (Å²) in [5.41, 5.74) is 1.10. The van der Waals surface area contributed by atoms with Crippen molar-refractivity contribution < 1.29 is 4.79 Å².